The molecule has 0 spiro atoms. The number of carbonyl (C=O) groups is 1. The van der Waals surface area contributed by atoms with Crippen molar-refractivity contribution in [2.24, 2.45) is 0 Å². The molecule has 1 amide bonds. The predicted octanol–water partition coefficient (Wildman–Crippen LogP) is 14.9. The number of aliphatic hydroxyl groups is 7. The van der Waals surface area contributed by atoms with Gasteiger partial charge >= 0.3 is 0 Å². The van der Waals surface area contributed by atoms with Gasteiger partial charge in [0.1, 0.15) is 36.6 Å². The van der Waals surface area contributed by atoms with E-state index >= 15 is 0 Å². The van der Waals surface area contributed by atoms with E-state index in [1.807, 2.05) is 0 Å². The Morgan fingerprint density at radius 1 is 0.413 bits per heavy atom. The zero-order valence-electron chi connectivity index (χ0n) is 49.3. The molecule has 11 heteroatoms. The van der Waals surface area contributed by atoms with Gasteiger partial charge in [-0.05, 0) is 12.8 Å². The van der Waals surface area contributed by atoms with Crippen molar-refractivity contribution in [3.63, 3.8) is 0 Å². The lowest BCUT2D eigenvalue weighted by atomic mass is 9.98. The van der Waals surface area contributed by atoms with E-state index in [1.165, 1.54) is 257 Å². The summed E-state index contributed by atoms with van der Waals surface area (Å²) in [5.74, 6) is -0.688. The summed E-state index contributed by atoms with van der Waals surface area (Å²) in [6.07, 6.45) is 51.7. The normalized spacial score (nSPS) is 19.6. The standard InChI is InChI=1S/C64H127NO10/c1-3-5-7-9-11-13-15-17-19-21-23-25-26-27-28-29-30-32-33-35-37-39-41-43-45-47-49-51-56(67)59(69)55(54-74-64-62(72)61(71)60(70)58(53-66)75-64)65-63(73)57(68)52-50-48-46-44-42-40-38-36-34-31-24-22-20-18-16-14-12-10-8-6-4-2/h55-62,64,66-72H,3-54H2,1-2H3,(H,65,73). The third kappa shape index (κ3) is 41.7. The molecule has 9 unspecified atom stereocenters. The molecule has 0 aliphatic carbocycles. The van der Waals surface area contributed by atoms with E-state index in [9.17, 15) is 40.5 Å². The molecule has 8 N–H and O–H groups in total. The van der Waals surface area contributed by atoms with Gasteiger partial charge in [-0.2, -0.15) is 0 Å². The molecule has 448 valence electrons. The Hall–Kier alpha value is -0.890. The van der Waals surface area contributed by atoms with Gasteiger partial charge in [-0.25, -0.2) is 0 Å². The van der Waals surface area contributed by atoms with Crippen LogP contribution in [0.15, 0.2) is 0 Å². The van der Waals surface area contributed by atoms with Crippen molar-refractivity contribution in [1.82, 2.24) is 5.32 Å². The van der Waals surface area contributed by atoms with Gasteiger partial charge in [0.15, 0.2) is 6.29 Å². The average molecular weight is 1070 g/mol. The number of rotatable bonds is 58. The van der Waals surface area contributed by atoms with Crippen LogP contribution < -0.4 is 5.32 Å². The molecule has 0 bridgehead atoms. The number of aliphatic hydroxyl groups excluding tert-OH is 7. The first-order valence-corrected chi connectivity index (χ1v) is 32.9. The molecule has 1 aliphatic heterocycles. The lowest BCUT2D eigenvalue weighted by Crippen LogP contribution is -2.60. The number of carbonyl (C=O) groups excluding carboxylic acids is 1. The quantitative estimate of drug-likeness (QED) is 0.0272. The van der Waals surface area contributed by atoms with Gasteiger partial charge in [0.05, 0.1) is 25.4 Å². The molecule has 1 fully saturated rings. The van der Waals surface area contributed by atoms with Crippen LogP contribution in [-0.2, 0) is 14.3 Å². The van der Waals surface area contributed by atoms with Crippen LogP contribution >= 0.6 is 0 Å². The fourth-order valence-corrected chi connectivity index (χ4v) is 11.1. The van der Waals surface area contributed by atoms with Gasteiger partial charge in [-0.15, -0.1) is 0 Å². The second kappa shape index (κ2) is 53.7. The lowest BCUT2D eigenvalue weighted by molar-refractivity contribution is -0.303. The van der Waals surface area contributed by atoms with Gasteiger partial charge in [0.25, 0.3) is 0 Å². The zero-order chi connectivity index (χ0) is 54.7. The minimum absolute atomic E-state index is 0.267. The third-order valence-corrected chi connectivity index (χ3v) is 16.4. The van der Waals surface area contributed by atoms with Crippen LogP contribution in [0, 0.1) is 0 Å². The summed E-state index contributed by atoms with van der Waals surface area (Å²) < 4.78 is 11.2. The molecule has 75 heavy (non-hydrogen) atoms. The molecule has 1 aliphatic rings. The van der Waals surface area contributed by atoms with Crippen LogP contribution in [0.2, 0.25) is 0 Å². The summed E-state index contributed by atoms with van der Waals surface area (Å²) in [5.41, 5.74) is 0. The third-order valence-electron chi connectivity index (χ3n) is 16.4. The van der Waals surface area contributed by atoms with Crippen molar-refractivity contribution < 1.29 is 50.0 Å². The second-order valence-electron chi connectivity index (χ2n) is 23.6. The molecule has 0 saturated carbocycles. The topological polar surface area (TPSA) is 189 Å². The van der Waals surface area contributed by atoms with Crippen LogP contribution in [0.25, 0.3) is 0 Å². The van der Waals surface area contributed by atoms with Crippen molar-refractivity contribution in [1.29, 1.82) is 0 Å². The van der Waals surface area contributed by atoms with Gasteiger partial charge < -0.3 is 50.5 Å². The number of hydrogen-bond acceptors (Lipinski definition) is 10. The summed E-state index contributed by atoms with van der Waals surface area (Å²) in [6, 6.07) is -1.16. The van der Waals surface area contributed by atoms with Crippen LogP contribution in [0.1, 0.15) is 335 Å². The van der Waals surface area contributed by atoms with Crippen molar-refractivity contribution in [3.05, 3.63) is 0 Å². The van der Waals surface area contributed by atoms with Gasteiger partial charge in [-0.3, -0.25) is 4.79 Å². The molecule has 0 radical (unpaired) electrons. The van der Waals surface area contributed by atoms with Crippen molar-refractivity contribution in [3.8, 4) is 0 Å². The maximum absolute atomic E-state index is 13.2. The summed E-state index contributed by atoms with van der Waals surface area (Å²) in [6.45, 7) is 3.52. The summed E-state index contributed by atoms with van der Waals surface area (Å²) in [4.78, 5) is 13.2. The maximum Gasteiger partial charge on any atom is 0.249 e. The molecule has 1 rings (SSSR count). The monoisotopic (exact) mass is 1070 g/mol. The van der Waals surface area contributed by atoms with Crippen molar-refractivity contribution in [2.75, 3.05) is 13.2 Å². The first kappa shape index (κ1) is 72.1. The molecule has 11 nitrogen and oxygen atoms in total. The summed E-state index contributed by atoms with van der Waals surface area (Å²) >= 11 is 0. The minimum Gasteiger partial charge on any atom is -0.394 e. The smallest absolute Gasteiger partial charge is 0.249 e. The molecule has 0 aromatic heterocycles. The molecule has 0 aromatic rings. The van der Waals surface area contributed by atoms with E-state index in [4.69, 9.17) is 9.47 Å². The largest absolute Gasteiger partial charge is 0.394 e. The lowest BCUT2D eigenvalue weighted by Gasteiger charge is -2.40. The van der Waals surface area contributed by atoms with E-state index in [-0.39, 0.29) is 6.42 Å². The summed E-state index contributed by atoms with van der Waals surface area (Å²) in [5, 5.41) is 76.4. The molecular weight excluding hydrogens is 943 g/mol. The van der Waals surface area contributed by atoms with Crippen molar-refractivity contribution in [2.45, 2.75) is 390 Å². The van der Waals surface area contributed by atoms with Crippen LogP contribution in [-0.4, -0.2) is 110 Å². The predicted molar refractivity (Wildman–Crippen MR) is 312 cm³/mol. The fourth-order valence-electron chi connectivity index (χ4n) is 11.1. The van der Waals surface area contributed by atoms with Crippen LogP contribution in [0.3, 0.4) is 0 Å². The first-order valence-electron chi connectivity index (χ1n) is 32.9. The van der Waals surface area contributed by atoms with Gasteiger partial charge in [0, 0.05) is 0 Å². The Morgan fingerprint density at radius 3 is 0.987 bits per heavy atom. The van der Waals surface area contributed by atoms with E-state index in [1.54, 1.807) is 0 Å². The Bertz CT molecular complexity index is 1180. The second-order valence-corrected chi connectivity index (χ2v) is 23.6. The van der Waals surface area contributed by atoms with E-state index in [2.05, 4.69) is 19.2 Å². The maximum atomic E-state index is 13.2. The van der Waals surface area contributed by atoms with Crippen LogP contribution in [0.5, 0.6) is 0 Å². The fraction of sp³-hybridized carbons (Fsp3) is 0.984. The SMILES string of the molecule is CCCCCCCCCCCCCCCCCCCCCCCCCCCCCC(O)C(O)C(COC1OC(CO)C(O)C(O)C1O)NC(=O)C(O)CCCCCCCCCCCCCCCCCCCCCCC. The number of nitrogens with one attached hydrogen (secondary N) is 1. The highest BCUT2D eigenvalue weighted by Crippen LogP contribution is 2.24. The number of unbranched alkanes of at least 4 members (excludes halogenated alkanes) is 46. The van der Waals surface area contributed by atoms with Crippen molar-refractivity contribution >= 4 is 5.91 Å². The number of ether oxygens (including phenoxy) is 2. The first-order chi connectivity index (χ1) is 36.7. The average Bonchev–Trinajstić information content (AvgIpc) is 3.41. The highest BCUT2D eigenvalue weighted by molar-refractivity contribution is 5.80. The number of amides is 1. The minimum atomic E-state index is -1.66. The van der Waals surface area contributed by atoms with Gasteiger partial charge in [-0.1, -0.05) is 322 Å². The van der Waals surface area contributed by atoms with E-state index in [0.717, 1.165) is 38.5 Å². The molecule has 9 atom stereocenters. The van der Waals surface area contributed by atoms with E-state index in [0.29, 0.717) is 19.3 Å². The zero-order valence-corrected chi connectivity index (χ0v) is 49.3. The molecule has 1 heterocycles. The van der Waals surface area contributed by atoms with Gasteiger partial charge in [0.2, 0.25) is 5.91 Å². The highest BCUT2D eigenvalue weighted by atomic mass is 16.7. The Morgan fingerprint density at radius 2 is 0.693 bits per heavy atom. The van der Waals surface area contributed by atoms with Crippen LogP contribution in [0.4, 0.5) is 0 Å². The highest BCUT2D eigenvalue weighted by Gasteiger charge is 2.44. The Balaban J connectivity index is 2.22. The molecular formula is C64H127NO10. The van der Waals surface area contributed by atoms with E-state index < -0.39 is 74.2 Å². The Kier molecular flexibility index (Phi) is 51.7. The molecule has 1 saturated heterocycles. The number of hydrogen-bond donors (Lipinski definition) is 8. The Labute approximate surface area is 462 Å². The summed E-state index contributed by atoms with van der Waals surface area (Å²) in [7, 11) is 0. The molecule has 0 aromatic carbocycles.